The number of nitrogens with zero attached hydrogens (tertiary/aromatic N) is 4. The Bertz CT molecular complexity index is 972. The van der Waals surface area contributed by atoms with Crippen molar-refractivity contribution in [3.05, 3.63) is 66.2 Å². The first-order valence-electron chi connectivity index (χ1n) is 9.16. The Hall–Kier alpha value is -3.35. The van der Waals surface area contributed by atoms with Crippen LogP contribution >= 0.6 is 0 Å². The van der Waals surface area contributed by atoms with E-state index in [2.05, 4.69) is 10.1 Å². The molecular weight excluding hydrogens is 356 g/mol. The topological polar surface area (TPSA) is 69.5 Å². The summed E-state index contributed by atoms with van der Waals surface area (Å²) in [4.78, 5) is 19.1. The molecule has 1 aromatic heterocycles. The predicted octanol–water partition coefficient (Wildman–Crippen LogP) is 2.91. The lowest BCUT2D eigenvalue weighted by molar-refractivity contribution is 0.0790. The monoisotopic (exact) mass is 378 g/mol. The highest BCUT2D eigenvalue weighted by molar-refractivity contribution is 5.98. The van der Waals surface area contributed by atoms with Crippen LogP contribution in [0.15, 0.2) is 55.1 Å². The van der Waals surface area contributed by atoms with Crippen LogP contribution in [0.5, 0.6) is 11.5 Å². The minimum absolute atomic E-state index is 0.00420. The lowest BCUT2D eigenvalue weighted by Crippen LogP contribution is -2.29. The van der Waals surface area contributed by atoms with E-state index in [4.69, 9.17) is 9.47 Å². The van der Waals surface area contributed by atoms with Crippen molar-refractivity contribution in [3.63, 3.8) is 0 Å². The van der Waals surface area contributed by atoms with Crippen molar-refractivity contribution in [2.24, 2.45) is 0 Å². The Morgan fingerprint density at radius 1 is 1.14 bits per heavy atom. The van der Waals surface area contributed by atoms with Crippen molar-refractivity contribution < 1.29 is 14.3 Å². The number of aromatic nitrogens is 3. The molecule has 1 unspecified atom stereocenters. The summed E-state index contributed by atoms with van der Waals surface area (Å²) in [5.74, 6) is 1.81. The van der Waals surface area contributed by atoms with E-state index in [-0.39, 0.29) is 11.8 Å². The highest BCUT2D eigenvalue weighted by Gasteiger charge is 2.31. The minimum atomic E-state index is -0.00420. The van der Waals surface area contributed by atoms with Crippen molar-refractivity contribution in [1.82, 2.24) is 19.7 Å². The van der Waals surface area contributed by atoms with Crippen molar-refractivity contribution in [3.8, 4) is 17.2 Å². The van der Waals surface area contributed by atoms with E-state index in [1.165, 1.54) is 6.33 Å². The van der Waals surface area contributed by atoms with E-state index in [0.717, 1.165) is 29.2 Å². The molecule has 0 saturated carbocycles. The molecule has 0 radical (unpaired) electrons. The predicted molar refractivity (Wildman–Crippen MR) is 104 cm³/mol. The number of methoxy groups -OCH3 is 2. The van der Waals surface area contributed by atoms with Crippen LogP contribution in [0, 0.1) is 0 Å². The molecule has 0 spiro atoms. The standard InChI is InChI=1S/C21H22N4O3/c1-27-16-7-8-20(28-2)18(11-16)15-9-10-24(12-15)21(26)17-5-3-4-6-19(17)25-14-22-13-23-25/h3-8,11,13-15H,9-10,12H2,1-2H3. The van der Waals surface area contributed by atoms with Crippen molar-refractivity contribution in [1.29, 1.82) is 0 Å². The van der Waals surface area contributed by atoms with Gasteiger partial charge < -0.3 is 14.4 Å². The van der Waals surface area contributed by atoms with Gasteiger partial charge in [0, 0.05) is 24.6 Å². The van der Waals surface area contributed by atoms with Gasteiger partial charge in [-0.15, -0.1) is 0 Å². The second-order valence-electron chi connectivity index (χ2n) is 6.70. The van der Waals surface area contributed by atoms with Crippen LogP contribution in [0.4, 0.5) is 0 Å². The van der Waals surface area contributed by atoms with E-state index in [0.29, 0.717) is 18.7 Å². The van der Waals surface area contributed by atoms with Gasteiger partial charge in [-0.05, 0) is 36.8 Å². The molecule has 1 aliphatic heterocycles. The maximum atomic E-state index is 13.2. The van der Waals surface area contributed by atoms with Gasteiger partial charge >= 0.3 is 0 Å². The van der Waals surface area contributed by atoms with Crippen LogP contribution in [0.3, 0.4) is 0 Å². The average Bonchev–Trinajstić information content (AvgIpc) is 3.45. The normalized spacial score (nSPS) is 16.2. The van der Waals surface area contributed by atoms with Gasteiger partial charge in [0.2, 0.25) is 0 Å². The molecule has 1 saturated heterocycles. The number of carbonyl (C=O) groups excluding carboxylic acids is 1. The second-order valence-corrected chi connectivity index (χ2v) is 6.70. The summed E-state index contributed by atoms with van der Waals surface area (Å²) < 4.78 is 12.5. The molecule has 1 aliphatic rings. The smallest absolute Gasteiger partial charge is 0.256 e. The van der Waals surface area contributed by atoms with E-state index in [1.807, 2.05) is 47.4 Å². The first kappa shape index (κ1) is 18.0. The van der Waals surface area contributed by atoms with Gasteiger partial charge in [0.1, 0.15) is 24.2 Å². The number of benzene rings is 2. The SMILES string of the molecule is COc1ccc(OC)c(C2CCN(C(=O)c3ccccc3-n3cncn3)C2)c1. The van der Waals surface area contributed by atoms with Crippen LogP contribution < -0.4 is 9.47 Å². The highest BCUT2D eigenvalue weighted by Crippen LogP contribution is 2.36. The molecule has 0 N–H and O–H groups in total. The molecule has 3 aromatic rings. The number of amides is 1. The summed E-state index contributed by atoms with van der Waals surface area (Å²) in [6.07, 6.45) is 3.93. The van der Waals surface area contributed by atoms with E-state index in [1.54, 1.807) is 25.2 Å². The van der Waals surface area contributed by atoms with Crippen molar-refractivity contribution in [2.45, 2.75) is 12.3 Å². The molecule has 0 bridgehead atoms. The number of hydrogen-bond acceptors (Lipinski definition) is 5. The molecule has 1 atom stereocenters. The first-order chi connectivity index (χ1) is 13.7. The summed E-state index contributed by atoms with van der Waals surface area (Å²) in [5.41, 5.74) is 2.42. The molecule has 144 valence electrons. The van der Waals surface area contributed by atoms with Gasteiger partial charge in [0.05, 0.1) is 25.5 Å². The van der Waals surface area contributed by atoms with Crippen LogP contribution in [0.25, 0.3) is 5.69 Å². The third kappa shape index (κ3) is 3.31. The van der Waals surface area contributed by atoms with Gasteiger partial charge in [0.25, 0.3) is 5.91 Å². The fourth-order valence-electron chi connectivity index (χ4n) is 3.71. The molecule has 0 aliphatic carbocycles. The summed E-state index contributed by atoms with van der Waals surface area (Å²) in [6, 6.07) is 13.3. The van der Waals surface area contributed by atoms with Crippen molar-refractivity contribution >= 4 is 5.91 Å². The number of rotatable bonds is 5. The first-order valence-corrected chi connectivity index (χ1v) is 9.16. The Kier molecular flexibility index (Phi) is 4.97. The van der Waals surface area contributed by atoms with Gasteiger partial charge in [0.15, 0.2) is 0 Å². The Morgan fingerprint density at radius 2 is 2.00 bits per heavy atom. The second kappa shape index (κ2) is 7.72. The molecule has 28 heavy (non-hydrogen) atoms. The Labute approximate surface area is 163 Å². The molecule has 1 fully saturated rings. The summed E-state index contributed by atoms with van der Waals surface area (Å²) in [5, 5.41) is 4.16. The minimum Gasteiger partial charge on any atom is -0.497 e. The number of likely N-dealkylation sites (tertiary alicyclic amines) is 1. The summed E-state index contributed by atoms with van der Waals surface area (Å²) >= 11 is 0. The average molecular weight is 378 g/mol. The van der Waals surface area contributed by atoms with Gasteiger partial charge in [-0.25, -0.2) is 9.67 Å². The van der Waals surface area contributed by atoms with E-state index in [9.17, 15) is 4.79 Å². The molecule has 1 amide bonds. The van der Waals surface area contributed by atoms with Gasteiger partial charge in [-0.3, -0.25) is 4.79 Å². The van der Waals surface area contributed by atoms with Crippen LogP contribution in [-0.4, -0.2) is 52.9 Å². The molecule has 7 nitrogen and oxygen atoms in total. The van der Waals surface area contributed by atoms with Crippen LogP contribution in [0.1, 0.15) is 28.3 Å². The number of hydrogen-bond donors (Lipinski definition) is 0. The summed E-state index contributed by atoms with van der Waals surface area (Å²) in [6.45, 7) is 1.32. The molecule has 7 heteroatoms. The zero-order valence-corrected chi connectivity index (χ0v) is 15.9. The molecule has 2 aromatic carbocycles. The summed E-state index contributed by atoms with van der Waals surface area (Å²) in [7, 11) is 3.31. The largest absolute Gasteiger partial charge is 0.497 e. The third-order valence-corrected chi connectivity index (χ3v) is 5.15. The number of carbonyl (C=O) groups is 1. The number of para-hydroxylation sites is 1. The maximum absolute atomic E-state index is 13.2. The third-order valence-electron chi connectivity index (χ3n) is 5.15. The quantitative estimate of drug-likeness (QED) is 0.683. The van der Waals surface area contributed by atoms with E-state index < -0.39 is 0 Å². The fourth-order valence-corrected chi connectivity index (χ4v) is 3.71. The molecule has 4 rings (SSSR count). The van der Waals surface area contributed by atoms with Crippen LogP contribution in [-0.2, 0) is 0 Å². The highest BCUT2D eigenvalue weighted by atomic mass is 16.5. The van der Waals surface area contributed by atoms with E-state index >= 15 is 0 Å². The van der Waals surface area contributed by atoms with Crippen molar-refractivity contribution in [2.75, 3.05) is 27.3 Å². The zero-order valence-electron chi connectivity index (χ0n) is 15.9. The van der Waals surface area contributed by atoms with Crippen LogP contribution in [0.2, 0.25) is 0 Å². The number of ether oxygens (including phenoxy) is 2. The molecule has 2 heterocycles. The van der Waals surface area contributed by atoms with Gasteiger partial charge in [-0.2, -0.15) is 5.10 Å². The lowest BCUT2D eigenvalue weighted by Gasteiger charge is -2.19. The lowest BCUT2D eigenvalue weighted by atomic mass is 9.97. The fraction of sp³-hybridized carbons (Fsp3) is 0.286. The maximum Gasteiger partial charge on any atom is 0.256 e. The Balaban J connectivity index is 1.58. The molecular formula is C21H22N4O3. The Morgan fingerprint density at radius 3 is 2.75 bits per heavy atom. The van der Waals surface area contributed by atoms with Gasteiger partial charge in [-0.1, -0.05) is 12.1 Å². The zero-order chi connectivity index (χ0) is 19.5.